The van der Waals surface area contributed by atoms with Crippen LogP contribution in [0.2, 0.25) is 0 Å². The minimum atomic E-state index is 0.215. The fourth-order valence-corrected chi connectivity index (χ4v) is 3.10. The topological polar surface area (TPSA) is 44.8 Å². The predicted octanol–water partition coefficient (Wildman–Crippen LogP) is 3.38. The molecule has 110 valence electrons. The number of rotatable bonds is 3. The van der Waals surface area contributed by atoms with E-state index in [-0.39, 0.29) is 5.78 Å². The number of aryl methyl sites for hydroxylation is 1. The summed E-state index contributed by atoms with van der Waals surface area (Å²) in [6, 6.07) is 5.76. The van der Waals surface area contributed by atoms with Gasteiger partial charge in [-0.3, -0.25) is 4.79 Å². The second-order valence-corrected chi connectivity index (χ2v) is 5.11. The molecule has 0 saturated heterocycles. The van der Waals surface area contributed by atoms with Crippen LogP contribution in [0.5, 0.6) is 17.2 Å². The third-order valence-corrected chi connectivity index (χ3v) is 4.07. The van der Waals surface area contributed by atoms with E-state index in [4.69, 9.17) is 14.2 Å². The van der Waals surface area contributed by atoms with E-state index < -0.39 is 0 Å². The lowest BCUT2D eigenvalue weighted by molar-refractivity contribution is 0.0973. The number of carbonyl (C=O) groups is 1. The SMILES string of the molecule is COc1cc2c3c(ccc2c(OC)c1OC)C(=O)CCC3. The van der Waals surface area contributed by atoms with Crippen LogP contribution in [0.25, 0.3) is 10.8 Å². The van der Waals surface area contributed by atoms with E-state index >= 15 is 0 Å². The third kappa shape index (κ3) is 2.02. The quantitative estimate of drug-likeness (QED) is 0.867. The van der Waals surface area contributed by atoms with E-state index in [2.05, 4.69) is 0 Å². The van der Waals surface area contributed by atoms with Gasteiger partial charge in [0.1, 0.15) is 0 Å². The van der Waals surface area contributed by atoms with Crippen molar-refractivity contribution in [1.29, 1.82) is 0 Å². The Bertz CT molecular complexity index is 719. The van der Waals surface area contributed by atoms with Gasteiger partial charge in [-0.1, -0.05) is 6.07 Å². The van der Waals surface area contributed by atoms with E-state index in [1.54, 1.807) is 21.3 Å². The normalized spacial score (nSPS) is 14.0. The smallest absolute Gasteiger partial charge is 0.203 e. The highest BCUT2D eigenvalue weighted by atomic mass is 16.5. The summed E-state index contributed by atoms with van der Waals surface area (Å²) in [7, 11) is 4.80. The highest BCUT2D eigenvalue weighted by Crippen LogP contribution is 2.45. The van der Waals surface area contributed by atoms with Crippen molar-refractivity contribution in [2.45, 2.75) is 19.3 Å². The maximum atomic E-state index is 12.1. The largest absolute Gasteiger partial charge is 0.493 e. The van der Waals surface area contributed by atoms with Gasteiger partial charge in [-0.15, -0.1) is 0 Å². The van der Waals surface area contributed by atoms with Gasteiger partial charge in [0.2, 0.25) is 5.75 Å². The Morgan fingerprint density at radius 3 is 2.33 bits per heavy atom. The zero-order valence-corrected chi connectivity index (χ0v) is 12.5. The van der Waals surface area contributed by atoms with Crippen LogP contribution in [0.4, 0.5) is 0 Å². The maximum Gasteiger partial charge on any atom is 0.203 e. The molecule has 0 aliphatic heterocycles. The molecule has 0 heterocycles. The average Bonchev–Trinajstić information content (AvgIpc) is 2.52. The maximum absolute atomic E-state index is 12.1. The lowest BCUT2D eigenvalue weighted by Gasteiger charge is -2.20. The van der Waals surface area contributed by atoms with Crippen molar-refractivity contribution in [3.63, 3.8) is 0 Å². The zero-order valence-electron chi connectivity index (χ0n) is 12.5. The van der Waals surface area contributed by atoms with Gasteiger partial charge >= 0.3 is 0 Å². The Morgan fingerprint density at radius 2 is 1.67 bits per heavy atom. The Kier molecular flexibility index (Phi) is 3.45. The first-order chi connectivity index (χ1) is 10.2. The van der Waals surface area contributed by atoms with Crippen LogP contribution in [-0.2, 0) is 6.42 Å². The number of fused-ring (bicyclic) bond motifs is 3. The van der Waals surface area contributed by atoms with Gasteiger partial charge in [0.05, 0.1) is 21.3 Å². The lowest BCUT2D eigenvalue weighted by Crippen LogP contribution is -2.11. The van der Waals surface area contributed by atoms with E-state index in [0.717, 1.165) is 34.7 Å². The molecule has 0 fully saturated rings. The summed E-state index contributed by atoms with van der Waals surface area (Å²) in [5, 5.41) is 1.96. The minimum Gasteiger partial charge on any atom is -0.493 e. The van der Waals surface area contributed by atoms with E-state index in [1.165, 1.54) is 0 Å². The van der Waals surface area contributed by atoms with Gasteiger partial charge < -0.3 is 14.2 Å². The summed E-state index contributed by atoms with van der Waals surface area (Å²) in [6.45, 7) is 0. The molecule has 21 heavy (non-hydrogen) atoms. The van der Waals surface area contributed by atoms with E-state index in [0.29, 0.717) is 23.7 Å². The molecule has 0 spiro atoms. The van der Waals surface area contributed by atoms with Crippen molar-refractivity contribution in [2.24, 2.45) is 0 Å². The number of hydrogen-bond donors (Lipinski definition) is 0. The molecule has 2 aromatic rings. The molecular formula is C17H18O4. The molecular weight excluding hydrogens is 268 g/mol. The summed E-state index contributed by atoms with van der Waals surface area (Å²) in [6.07, 6.45) is 2.42. The van der Waals surface area contributed by atoms with E-state index in [1.807, 2.05) is 18.2 Å². The Hall–Kier alpha value is -2.23. The number of benzene rings is 2. The molecule has 4 nitrogen and oxygen atoms in total. The van der Waals surface area contributed by atoms with Gasteiger partial charge in [0.15, 0.2) is 17.3 Å². The number of Topliss-reactive ketones (excluding diaryl/α,β-unsaturated/α-hetero) is 1. The fraction of sp³-hybridized carbons (Fsp3) is 0.353. The Labute approximate surface area is 123 Å². The standard InChI is InChI=1S/C17H18O4/c1-19-15-9-13-10-5-4-6-14(18)11(10)7-8-12(13)16(20-2)17(15)21-3/h7-9H,4-6H2,1-3H3. The van der Waals surface area contributed by atoms with Crippen LogP contribution in [0, 0.1) is 0 Å². The minimum absolute atomic E-state index is 0.215. The summed E-state index contributed by atoms with van der Waals surface area (Å²) >= 11 is 0. The number of ketones is 1. The highest BCUT2D eigenvalue weighted by Gasteiger charge is 2.23. The average molecular weight is 286 g/mol. The van der Waals surface area contributed by atoms with Crippen LogP contribution in [0.3, 0.4) is 0 Å². The van der Waals surface area contributed by atoms with Crippen molar-refractivity contribution >= 4 is 16.6 Å². The highest BCUT2D eigenvalue weighted by molar-refractivity contribution is 6.06. The molecule has 4 heteroatoms. The summed E-state index contributed by atoms with van der Waals surface area (Å²) in [5.41, 5.74) is 1.91. The van der Waals surface area contributed by atoms with Gasteiger partial charge in [0, 0.05) is 17.4 Å². The van der Waals surface area contributed by atoms with E-state index in [9.17, 15) is 4.79 Å². The molecule has 0 saturated carbocycles. The third-order valence-electron chi connectivity index (χ3n) is 4.07. The summed E-state index contributed by atoms with van der Waals surface area (Å²) < 4.78 is 16.3. The first-order valence-electron chi connectivity index (χ1n) is 6.99. The monoisotopic (exact) mass is 286 g/mol. The second kappa shape index (κ2) is 5.28. The van der Waals surface area contributed by atoms with Crippen LogP contribution < -0.4 is 14.2 Å². The lowest BCUT2D eigenvalue weighted by atomic mass is 9.86. The van der Waals surface area contributed by atoms with Crippen LogP contribution in [0.15, 0.2) is 18.2 Å². The van der Waals surface area contributed by atoms with Crippen LogP contribution >= 0.6 is 0 Å². The molecule has 0 amide bonds. The van der Waals surface area contributed by atoms with Crippen molar-refractivity contribution in [3.8, 4) is 17.2 Å². The van der Waals surface area contributed by atoms with Gasteiger partial charge in [-0.05, 0) is 35.9 Å². The predicted molar refractivity (Wildman–Crippen MR) is 80.9 cm³/mol. The summed E-state index contributed by atoms with van der Waals surface area (Å²) in [4.78, 5) is 12.1. The molecule has 0 atom stereocenters. The van der Waals surface area contributed by atoms with Gasteiger partial charge in [0.25, 0.3) is 0 Å². The Morgan fingerprint density at radius 1 is 0.905 bits per heavy atom. The number of carbonyl (C=O) groups excluding carboxylic acids is 1. The molecule has 1 aliphatic carbocycles. The first-order valence-corrected chi connectivity index (χ1v) is 6.99. The number of methoxy groups -OCH3 is 3. The van der Waals surface area contributed by atoms with Crippen molar-refractivity contribution in [1.82, 2.24) is 0 Å². The number of ether oxygens (including phenoxy) is 3. The molecule has 0 N–H and O–H groups in total. The van der Waals surface area contributed by atoms with Crippen molar-refractivity contribution in [2.75, 3.05) is 21.3 Å². The molecule has 0 radical (unpaired) electrons. The molecule has 1 aliphatic rings. The van der Waals surface area contributed by atoms with Crippen molar-refractivity contribution < 1.29 is 19.0 Å². The molecule has 0 unspecified atom stereocenters. The van der Waals surface area contributed by atoms with Crippen molar-refractivity contribution in [3.05, 3.63) is 29.3 Å². The summed E-state index contributed by atoms with van der Waals surface area (Å²) in [5.74, 6) is 2.06. The molecule has 0 aromatic heterocycles. The molecule has 2 aromatic carbocycles. The van der Waals surface area contributed by atoms with Gasteiger partial charge in [-0.2, -0.15) is 0 Å². The fourth-order valence-electron chi connectivity index (χ4n) is 3.10. The molecule has 0 bridgehead atoms. The first kappa shape index (κ1) is 13.7. The number of hydrogen-bond acceptors (Lipinski definition) is 4. The molecule has 3 rings (SSSR count). The van der Waals surface area contributed by atoms with Crippen LogP contribution in [0.1, 0.15) is 28.8 Å². The van der Waals surface area contributed by atoms with Crippen LogP contribution in [-0.4, -0.2) is 27.1 Å². The second-order valence-electron chi connectivity index (χ2n) is 5.11. The van der Waals surface area contributed by atoms with Gasteiger partial charge in [-0.25, -0.2) is 0 Å². The Balaban J connectivity index is 2.39. The zero-order chi connectivity index (χ0) is 15.0.